The summed E-state index contributed by atoms with van der Waals surface area (Å²) in [5, 5.41) is 12.5. The molecule has 24 heavy (non-hydrogen) atoms. The normalized spacial score (nSPS) is 15.3. The van der Waals surface area contributed by atoms with Crippen molar-refractivity contribution >= 4 is 11.6 Å². The van der Waals surface area contributed by atoms with Gasteiger partial charge in [0.15, 0.2) is 0 Å². The average molecular weight is 326 g/mol. The first kappa shape index (κ1) is 16.7. The first-order chi connectivity index (χ1) is 11.6. The Morgan fingerprint density at radius 1 is 1.17 bits per heavy atom. The van der Waals surface area contributed by atoms with Crippen molar-refractivity contribution in [2.45, 2.75) is 45.7 Å². The van der Waals surface area contributed by atoms with Crippen LogP contribution in [0.1, 0.15) is 43.6 Å². The van der Waals surface area contributed by atoms with E-state index in [1.165, 1.54) is 11.1 Å². The molecule has 0 unspecified atom stereocenters. The van der Waals surface area contributed by atoms with Gasteiger partial charge in [0.1, 0.15) is 17.5 Å². The molecule has 1 aliphatic rings. The molecule has 1 aliphatic heterocycles. The summed E-state index contributed by atoms with van der Waals surface area (Å²) in [6.07, 6.45) is 1.03. The molecule has 5 nitrogen and oxygen atoms in total. The highest BCUT2D eigenvalue weighted by atomic mass is 16.3. The second-order valence-electron chi connectivity index (χ2n) is 6.79. The van der Waals surface area contributed by atoms with Crippen molar-refractivity contribution in [3.63, 3.8) is 0 Å². The molecule has 2 heterocycles. The van der Waals surface area contributed by atoms with Gasteiger partial charge in [-0.25, -0.2) is 9.97 Å². The van der Waals surface area contributed by atoms with Gasteiger partial charge in [-0.2, -0.15) is 0 Å². The largest absolute Gasteiger partial charge is 0.394 e. The van der Waals surface area contributed by atoms with E-state index >= 15 is 0 Å². The van der Waals surface area contributed by atoms with Crippen molar-refractivity contribution in [1.29, 1.82) is 0 Å². The van der Waals surface area contributed by atoms with Crippen LogP contribution in [0.3, 0.4) is 0 Å². The molecule has 0 aliphatic carbocycles. The molecule has 0 fully saturated rings. The van der Waals surface area contributed by atoms with E-state index in [0.717, 1.165) is 37.0 Å². The topological polar surface area (TPSA) is 61.3 Å². The van der Waals surface area contributed by atoms with Crippen molar-refractivity contribution in [2.24, 2.45) is 0 Å². The fraction of sp³-hybridized carbons (Fsp3) is 0.474. The third kappa shape index (κ3) is 3.67. The summed E-state index contributed by atoms with van der Waals surface area (Å²) >= 11 is 0. The number of aliphatic hydroxyl groups excluding tert-OH is 1. The van der Waals surface area contributed by atoms with Crippen LogP contribution in [0.25, 0.3) is 0 Å². The monoisotopic (exact) mass is 326 g/mol. The lowest BCUT2D eigenvalue weighted by atomic mass is 10.00. The maximum absolute atomic E-state index is 9.29. The zero-order valence-corrected chi connectivity index (χ0v) is 14.7. The van der Waals surface area contributed by atoms with Gasteiger partial charge in [0.25, 0.3) is 0 Å². The number of hydrogen-bond donors (Lipinski definition) is 2. The van der Waals surface area contributed by atoms with E-state index in [1.54, 1.807) is 0 Å². The van der Waals surface area contributed by atoms with Crippen molar-refractivity contribution in [1.82, 2.24) is 9.97 Å². The van der Waals surface area contributed by atoms with E-state index in [-0.39, 0.29) is 18.6 Å². The van der Waals surface area contributed by atoms with Crippen LogP contribution in [0.2, 0.25) is 0 Å². The Morgan fingerprint density at radius 2 is 1.92 bits per heavy atom. The molecule has 2 N–H and O–H groups in total. The first-order valence-corrected chi connectivity index (χ1v) is 8.65. The lowest BCUT2D eigenvalue weighted by molar-refractivity contribution is 0.281. The van der Waals surface area contributed by atoms with Crippen LogP contribution in [-0.4, -0.2) is 34.3 Å². The summed E-state index contributed by atoms with van der Waals surface area (Å²) in [7, 11) is 0. The molecule has 0 spiro atoms. The molecular weight excluding hydrogens is 300 g/mol. The number of aliphatic hydroxyl groups is 1. The molecule has 0 radical (unpaired) electrons. The Bertz CT molecular complexity index is 702. The minimum Gasteiger partial charge on any atom is -0.394 e. The van der Waals surface area contributed by atoms with Crippen LogP contribution in [0.4, 0.5) is 11.6 Å². The zero-order chi connectivity index (χ0) is 17.1. The molecule has 1 atom stereocenters. The molecular formula is C19H26N4O. The predicted molar refractivity (Wildman–Crippen MR) is 97.5 cm³/mol. The smallest absolute Gasteiger partial charge is 0.135 e. The summed E-state index contributed by atoms with van der Waals surface area (Å²) in [5.41, 5.74) is 2.80. The Labute approximate surface area is 143 Å². The average Bonchev–Trinajstić information content (AvgIpc) is 2.60. The van der Waals surface area contributed by atoms with Crippen LogP contribution in [0, 0.1) is 0 Å². The summed E-state index contributed by atoms with van der Waals surface area (Å²) in [5.74, 6) is 2.82. The second kappa shape index (κ2) is 7.18. The summed E-state index contributed by atoms with van der Waals surface area (Å²) in [6.45, 7) is 8.05. The summed E-state index contributed by atoms with van der Waals surface area (Å²) < 4.78 is 0. The molecule has 5 heteroatoms. The SMILES string of the molecule is CC(C)c1nc(N[C@@H](C)CO)cc(N2CCc3ccccc3C2)n1. The quantitative estimate of drug-likeness (QED) is 0.884. The molecule has 1 aromatic heterocycles. The minimum absolute atomic E-state index is 0.0326. The van der Waals surface area contributed by atoms with Gasteiger partial charge in [-0.1, -0.05) is 38.1 Å². The van der Waals surface area contributed by atoms with Crippen LogP contribution in [-0.2, 0) is 13.0 Å². The number of rotatable bonds is 5. The van der Waals surface area contributed by atoms with Crippen molar-refractivity contribution in [3.05, 3.63) is 47.3 Å². The Morgan fingerprint density at radius 3 is 2.62 bits per heavy atom. The van der Waals surface area contributed by atoms with E-state index in [0.29, 0.717) is 0 Å². The van der Waals surface area contributed by atoms with E-state index in [1.807, 2.05) is 13.0 Å². The fourth-order valence-corrected chi connectivity index (χ4v) is 2.94. The maximum Gasteiger partial charge on any atom is 0.135 e. The van der Waals surface area contributed by atoms with Gasteiger partial charge in [-0.3, -0.25) is 0 Å². The Balaban J connectivity index is 1.89. The fourth-order valence-electron chi connectivity index (χ4n) is 2.94. The summed E-state index contributed by atoms with van der Waals surface area (Å²) in [6, 6.07) is 10.6. The minimum atomic E-state index is -0.0326. The molecule has 2 aromatic rings. The molecule has 0 saturated carbocycles. The van der Waals surface area contributed by atoms with Crippen LogP contribution in [0.5, 0.6) is 0 Å². The number of nitrogens with zero attached hydrogens (tertiary/aromatic N) is 3. The number of fused-ring (bicyclic) bond motifs is 1. The second-order valence-corrected chi connectivity index (χ2v) is 6.79. The number of aromatic nitrogens is 2. The Hall–Kier alpha value is -2.14. The predicted octanol–water partition coefficient (Wildman–Crippen LogP) is 2.96. The molecule has 3 rings (SSSR count). The highest BCUT2D eigenvalue weighted by Crippen LogP contribution is 2.26. The van der Waals surface area contributed by atoms with Gasteiger partial charge < -0.3 is 15.3 Å². The highest BCUT2D eigenvalue weighted by Gasteiger charge is 2.19. The zero-order valence-electron chi connectivity index (χ0n) is 14.7. The third-order valence-electron chi connectivity index (χ3n) is 4.37. The third-order valence-corrected chi connectivity index (χ3v) is 4.37. The molecule has 0 saturated heterocycles. The number of anilines is 2. The molecule has 0 bridgehead atoms. The number of hydrogen-bond acceptors (Lipinski definition) is 5. The standard InChI is InChI=1S/C19H26N4O/c1-13(2)19-21-17(20-14(3)12-24)10-18(22-19)23-9-8-15-6-4-5-7-16(15)11-23/h4-7,10,13-14,24H,8-9,11-12H2,1-3H3,(H,20,21,22)/t14-/m0/s1. The van der Waals surface area contributed by atoms with Gasteiger partial charge in [-0.05, 0) is 24.5 Å². The first-order valence-electron chi connectivity index (χ1n) is 8.65. The molecule has 1 aromatic carbocycles. The van der Waals surface area contributed by atoms with Crippen LogP contribution >= 0.6 is 0 Å². The van der Waals surface area contributed by atoms with E-state index in [4.69, 9.17) is 4.98 Å². The van der Waals surface area contributed by atoms with Crippen LogP contribution in [0.15, 0.2) is 30.3 Å². The van der Waals surface area contributed by atoms with Gasteiger partial charge in [-0.15, -0.1) is 0 Å². The van der Waals surface area contributed by atoms with Crippen molar-refractivity contribution in [2.75, 3.05) is 23.4 Å². The van der Waals surface area contributed by atoms with Crippen molar-refractivity contribution in [3.8, 4) is 0 Å². The maximum atomic E-state index is 9.29. The lowest BCUT2D eigenvalue weighted by Crippen LogP contribution is -2.31. The van der Waals surface area contributed by atoms with Gasteiger partial charge in [0.05, 0.1) is 6.61 Å². The van der Waals surface area contributed by atoms with Gasteiger partial charge in [0, 0.05) is 31.1 Å². The van der Waals surface area contributed by atoms with Crippen molar-refractivity contribution < 1.29 is 5.11 Å². The Kier molecular flexibility index (Phi) is 5.00. The van der Waals surface area contributed by atoms with Gasteiger partial charge in [0.2, 0.25) is 0 Å². The number of benzene rings is 1. The van der Waals surface area contributed by atoms with E-state index in [2.05, 4.69) is 53.3 Å². The van der Waals surface area contributed by atoms with E-state index < -0.39 is 0 Å². The highest BCUT2D eigenvalue weighted by molar-refractivity contribution is 5.52. The number of nitrogens with one attached hydrogen (secondary N) is 1. The van der Waals surface area contributed by atoms with Crippen LogP contribution < -0.4 is 10.2 Å². The van der Waals surface area contributed by atoms with Gasteiger partial charge >= 0.3 is 0 Å². The van der Waals surface area contributed by atoms with E-state index in [9.17, 15) is 5.11 Å². The lowest BCUT2D eigenvalue weighted by Gasteiger charge is -2.30. The molecule has 128 valence electrons. The summed E-state index contributed by atoms with van der Waals surface area (Å²) in [4.78, 5) is 11.7. The molecule has 0 amide bonds.